The summed E-state index contributed by atoms with van der Waals surface area (Å²) in [5.41, 5.74) is 1.32. The third kappa shape index (κ3) is 4.90. The molecule has 0 aliphatic rings. The number of carbonyl (C=O) groups is 1. The lowest BCUT2D eigenvalue weighted by atomic mass is 10.1. The van der Waals surface area contributed by atoms with Crippen LogP contribution in [0.2, 0.25) is 10.0 Å². The number of para-hydroxylation sites is 1. The molecule has 0 aliphatic heterocycles. The Kier molecular flexibility index (Phi) is 7.43. The van der Waals surface area contributed by atoms with E-state index in [1.54, 1.807) is 45.9 Å². The van der Waals surface area contributed by atoms with Gasteiger partial charge in [-0.25, -0.2) is 4.98 Å². The first-order chi connectivity index (χ1) is 16.8. The van der Waals surface area contributed by atoms with Crippen LogP contribution in [0, 0.1) is 0 Å². The summed E-state index contributed by atoms with van der Waals surface area (Å²) in [6.45, 7) is 6.56. The Morgan fingerprint density at radius 2 is 1.77 bits per heavy atom. The fraction of sp³-hybridized carbons (Fsp3) is 0.222. The number of benzene rings is 3. The molecule has 1 unspecified atom stereocenters. The lowest BCUT2D eigenvalue weighted by Gasteiger charge is -2.30. The molecule has 0 spiro atoms. The van der Waals surface area contributed by atoms with E-state index in [4.69, 9.17) is 32.9 Å². The standard InChI is InChI=1S/C27H25Cl2N3O3/c1-4-31(26(33)21-15-10-18(28)16-23(21)29)17(3)25-30-24-9-7-6-8-22(24)27(34)32(25)19-11-13-20(14-12-19)35-5-2/h6-17H,4-5H2,1-3H3. The third-order valence-corrected chi connectivity index (χ3v) is 6.36. The molecule has 1 aromatic heterocycles. The van der Waals surface area contributed by atoms with Crippen molar-refractivity contribution in [3.05, 3.63) is 98.5 Å². The summed E-state index contributed by atoms with van der Waals surface area (Å²) < 4.78 is 7.11. The van der Waals surface area contributed by atoms with Crippen LogP contribution in [0.5, 0.6) is 5.75 Å². The van der Waals surface area contributed by atoms with Crippen molar-refractivity contribution in [3.63, 3.8) is 0 Å². The molecule has 6 nitrogen and oxygen atoms in total. The minimum absolute atomic E-state index is 0.213. The number of hydrogen-bond acceptors (Lipinski definition) is 4. The van der Waals surface area contributed by atoms with Gasteiger partial charge in [0.2, 0.25) is 0 Å². The first-order valence-corrected chi connectivity index (χ1v) is 12.1. The molecular formula is C27H25Cl2N3O3. The molecule has 0 aliphatic carbocycles. The van der Waals surface area contributed by atoms with Crippen molar-refractivity contribution < 1.29 is 9.53 Å². The number of carbonyl (C=O) groups excluding carboxylic acids is 1. The molecule has 0 radical (unpaired) electrons. The maximum Gasteiger partial charge on any atom is 0.266 e. The summed E-state index contributed by atoms with van der Waals surface area (Å²) in [5.74, 6) is 0.871. The summed E-state index contributed by atoms with van der Waals surface area (Å²) in [6, 6.07) is 18.7. The van der Waals surface area contributed by atoms with Crippen molar-refractivity contribution >= 4 is 40.0 Å². The molecule has 4 rings (SSSR count). The number of nitrogens with zero attached hydrogens (tertiary/aromatic N) is 3. The zero-order valence-electron chi connectivity index (χ0n) is 19.7. The smallest absolute Gasteiger partial charge is 0.266 e. The minimum atomic E-state index is -0.539. The van der Waals surface area contributed by atoms with E-state index in [-0.39, 0.29) is 16.5 Å². The summed E-state index contributed by atoms with van der Waals surface area (Å²) in [7, 11) is 0. The highest BCUT2D eigenvalue weighted by Crippen LogP contribution is 2.28. The molecule has 0 saturated heterocycles. The third-order valence-electron chi connectivity index (χ3n) is 5.81. The van der Waals surface area contributed by atoms with Gasteiger partial charge in [-0.15, -0.1) is 0 Å². The molecule has 1 heterocycles. The summed E-state index contributed by atoms with van der Waals surface area (Å²) in [5, 5.41) is 1.21. The van der Waals surface area contributed by atoms with Gasteiger partial charge in [0, 0.05) is 11.6 Å². The van der Waals surface area contributed by atoms with E-state index in [1.165, 1.54) is 0 Å². The number of aromatic nitrogens is 2. The van der Waals surface area contributed by atoms with Crippen LogP contribution in [0.1, 0.15) is 43.0 Å². The van der Waals surface area contributed by atoms with Crippen LogP contribution >= 0.6 is 23.2 Å². The fourth-order valence-electron chi connectivity index (χ4n) is 4.09. The summed E-state index contributed by atoms with van der Waals surface area (Å²) in [4.78, 5) is 33.6. The zero-order valence-corrected chi connectivity index (χ0v) is 21.2. The highest BCUT2D eigenvalue weighted by Gasteiger charge is 2.27. The molecule has 35 heavy (non-hydrogen) atoms. The van der Waals surface area contributed by atoms with E-state index in [1.807, 2.05) is 51.1 Å². The Balaban J connectivity index is 1.87. The molecule has 0 saturated carbocycles. The van der Waals surface area contributed by atoms with Gasteiger partial charge in [-0.1, -0.05) is 35.3 Å². The molecule has 3 aromatic carbocycles. The van der Waals surface area contributed by atoms with Gasteiger partial charge in [0.25, 0.3) is 11.5 Å². The second kappa shape index (κ2) is 10.5. The van der Waals surface area contributed by atoms with Crippen LogP contribution in [-0.4, -0.2) is 33.5 Å². The predicted octanol–water partition coefficient (Wildman–Crippen LogP) is 6.31. The highest BCUT2D eigenvalue weighted by molar-refractivity contribution is 6.36. The number of rotatable bonds is 7. The lowest BCUT2D eigenvalue weighted by Crippen LogP contribution is -2.37. The second-order valence-corrected chi connectivity index (χ2v) is 8.79. The van der Waals surface area contributed by atoms with Gasteiger partial charge in [-0.05, 0) is 75.4 Å². The quantitative estimate of drug-likeness (QED) is 0.292. The first kappa shape index (κ1) is 24.8. The van der Waals surface area contributed by atoms with Crippen molar-refractivity contribution in [1.29, 1.82) is 0 Å². The number of amides is 1. The molecule has 0 fully saturated rings. The SMILES string of the molecule is CCOc1ccc(-n2c(C(C)N(CC)C(=O)c3ccc(Cl)cc3Cl)nc3ccccc3c2=O)cc1. The van der Waals surface area contributed by atoms with Crippen LogP contribution in [0.15, 0.2) is 71.5 Å². The normalized spacial score (nSPS) is 11.9. The molecule has 0 N–H and O–H groups in total. The van der Waals surface area contributed by atoms with E-state index < -0.39 is 6.04 Å². The Morgan fingerprint density at radius 3 is 2.43 bits per heavy atom. The van der Waals surface area contributed by atoms with E-state index in [0.717, 1.165) is 0 Å². The predicted molar refractivity (Wildman–Crippen MR) is 140 cm³/mol. The monoisotopic (exact) mass is 509 g/mol. The van der Waals surface area contributed by atoms with Gasteiger partial charge in [0.05, 0.1) is 39.8 Å². The van der Waals surface area contributed by atoms with Gasteiger partial charge in [-0.2, -0.15) is 0 Å². The van der Waals surface area contributed by atoms with Crippen LogP contribution in [0.4, 0.5) is 0 Å². The lowest BCUT2D eigenvalue weighted by molar-refractivity contribution is 0.0693. The van der Waals surface area contributed by atoms with Crippen LogP contribution in [0.25, 0.3) is 16.6 Å². The molecule has 8 heteroatoms. The summed E-state index contributed by atoms with van der Waals surface area (Å²) >= 11 is 12.4. The summed E-state index contributed by atoms with van der Waals surface area (Å²) in [6.07, 6.45) is 0. The average Bonchev–Trinajstić information content (AvgIpc) is 2.85. The highest BCUT2D eigenvalue weighted by atomic mass is 35.5. The Bertz CT molecular complexity index is 1430. The van der Waals surface area contributed by atoms with Crippen molar-refractivity contribution in [2.75, 3.05) is 13.2 Å². The topological polar surface area (TPSA) is 64.4 Å². The van der Waals surface area contributed by atoms with Gasteiger partial charge in [0.15, 0.2) is 0 Å². The Labute approximate surface area is 213 Å². The number of halogens is 2. The van der Waals surface area contributed by atoms with Gasteiger partial charge < -0.3 is 9.64 Å². The van der Waals surface area contributed by atoms with Gasteiger partial charge >= 0.3 is 0 Å². The Hall–Kier alpha value is -3.35. The number of fused-ring (bicyclic) bond motifs is 1. The van der Waals surface area contributed by atoms with Crippen molar-refractivity contribution in [2.24, 2.45) is 0 Å². The Morgan fingerprint density at radius 1 is 1.06 bits per heavy atom. The minimum Gasteiger partial charge on any atom is -0.494 e. The van der Waals surface area contributed by atoms with Crippen LogP contribution in [-0.2, 0) is 0 Å². The van der Waals surface area contributed by atoms with E-state index in [9.17, 15) is 9.59 Å². The molecule has 180 valence electrons. The van der Waals surface area contributed by atoms with Gasteiger partial charge in [0.1, 0.15) is 11.6 Å². The maximum absolute atomic E-state index is 13.7. The van der Waals surface area contributed by atoms with Crippen molar-refractivity contribution in [1.82, 2.24) is 14.5 Å². The van der Waals surface area contributed by atoms with E-state index in [2.05, 4.69) is 0 Å². The average molecular weight is 510 g/mol. The molecule has 0 bridgehead atoms. The van der Waals surface area contributed by atoms with E-state index >= 15 is 0 Å². The van der Waals surface area contributed by atoms with E-state index in [0.29, 0.717) is 51.9 Å². The molecule has 4 aromatic rings. The largest absolute Gasteiger partial charge is 0.494 e. The molecule has 1 atom stereocenters. The molecular weight excluding hydrogens is 485 g/mol. The van der Waals surface area contributed by atoms with Crippen LogP contribution < -0.4 is 10.3 Å². The second-order valence-electron chi connectivity index (χ2n) is 7.95. The number of hydrogen-bond donors (Lipinski definition) is 0. The molecule has 1 amide bonds. The maximum atomic E-state index is 13.7. The zero-order chi connectivity index (χ0) is 25.1. The first-order valence-electron chi connectivity index (χ1n) is 11.4. The van der Waals surface area contributed by atoms with Crippen molar-refractivity contribution in [3.8, 4) is 11.4 Å². The van der Waals surface area contributed by atoms with Gasteiger partial charge in [-0.3, -0.25) is 14.2 Å². The number of ether oxygens (including phenoxy) is 1. The van der Waals surface area contributed by atoms with Crippen molar-refractivity contribution in [2.45, 2.75) is 26.8 Å². The fourth-order valence-corrected chi connectivity index (χ4v) is 4.58. The van der Waals surface area contributed by atoms with Crippen LogP contribution in [0.3, 0.4) is 0 Å².